The first kappa shape index (κ1) is 22.1. The van der Waals surface area contributed by atoms with Gasteiger partial charge in [-0.25, -0.2) is 14.5 Å². The Morgan fingerprint density at radius 1 is 1.00 bits per heavy atom. The molecule has 2 aliphatic rings. The number of aryl methyl sites for hydroxylation is 1. The molecule has 7 heteroatoms. The number of amides is 3. The Labute approximate surface area is 208 Å². The number of nitrogens with zero attached hydrogens (tertiary/aromatic N) is 2. The second-order valence-electron chi connectivity index (χ2n) is 9.23. The van der Waals surface area contributed by atoms with Crippen LogP contribution in [-0.4, -0.2) is 40.4 Å². The molecule has 2 unspecified atom stereocenters. The SMILES string of the molecule is CCOC(=O)c1ccc(N2C(=O)C3Cc4c([nH]c5ccccc45)C(c4ccc(C)cc4)N3C2=O)cc1. The molecule has 6 rings (SSSR count). The minimum atomic E-state index is -0.625. The van der Waals surface area contributed by atoms with Gasteiger partial charge in [-0.05, 0) is 55.3 Å². The Kier molecular flexibility index (Phi) is 5.14. The topological polar surface area (TPSA) is 82.7 Å². The molecule has 0 spiro atoms. The summed E-state index contributed by atoms with van der Waals surface area (Å²) in [6, 6.07) is 21.1. The van der Waals surface area contributed by atoms with Crippen molar-refractivity contribution in [2.75, 3.05) is 11.5 Å². The number of aromatic nitrogens is 1. The van der Waals surface area contributed by atoms with Crippen molar-refractivity contribution in [3.05, 3.63) is 101 Å². The summed E-state index contributed by atoms with van der Waals surface area (Å²) < 4.78 is 5.05. The summed E-state index contributed by atoms with van der Waals surface area (Å²) in [6.07, 6.45) is 0.434. The molecule has 7 nitrogen and oxygen atoms in total. The molecule has 36 heavy (non-hydrogen) atoms. The lowest BCUT2D eigenvalue weighted by atomic mass is 9.88. The third-order valence-corrected chi connectivity index (χ3v) is 7.08. The number of hydrogen-bond acceptors (Lipinski definition) is 4. The first-order valence-electron chi connectivity index (χ1n) is 12.1. The number of aromatic amines is 1. The molecule has 2 aliphatic heterocycles. The molecule has 1 aromatic heterocycles. The number of nitrogens with one attached hydrogen (secondary N) is 1. The van der Waals surface area contributed by atoms with Crippen molar-refractivity contribution in [3.8, 4) is 0 Å². The van der Waals surface area contributed by atoms with Crippen molar-refractivity contribution in [1.29, 1.82) is 0 Å². The molecule has 180 valence electrons. The average molecular weight is 480 g/mol. The number of rotatable bonds is 4. The van der Waals surface area contributed by atoms with Crippen LogP contribution in [0.25, 0.3) is 10.9 Å². The standard InChI is InChI=1S/C29H25N3O4/c1-3-36-28(34)19-12-14-20(15-13-19)31-27(33)24-16-22-21-6-4-5-7-23(21)30-25(22)26(32(24)29(31)35)18-10-8-17(2)9-11-18/h4-15,24,26,30H,3,16H2,1-2H3. The second kappa shape index (κ2) is 8.37. The van der Waals surface area contributed by atoms with Crippen LogP contribution in [0, 0.1) is 6.92 Å². The van der Waals surface area contributed by atoms with Gasteiger partial charge in [-0.2, -0.15) is 0 Å². The summed E-state index contributed by atoms with van der Waals surface area (Å²) in [4.78, 5) is 46.1. The molecular weight excluding hydrogens is 454 g/mol. The van der Waals surface area contributed by atoms with Gasteiger partial charge in [0.05, 0.1) is 17.9 Å². The number of H-pyrrole nitrogens is 1. The molecule has 1 N–H and O–H groups in total. The Balaban J connectivity index is 1.44. The van der Waals surface area contributed by atoms with Crippen LogP contribution >= 0.6 is 0 Å². The predicted octanol–water partition coefficient (Wildman–Crippen LogP) is 5.14. The van der Waals surface area contributed by atoms with E-state index in [0.717, 1.165) is 33.3 Å². The number of hydrogen-bond donors (Lipinski definition) is 1. The maximum Gasteiger partial charge on any atom is 0.338 e. The number of ether oxygens (including phenoxy) is 1. The lowest BCUT2D eigenvalue weighted by Gasteiger charge is -2.36. The number of benzene rings is 3. The second-order valence-corrected chi connectivity index (χ2v) is 9.23. The highest BCUT2D eigenvalue weighted by Gasteiger charge is 2.53. The summed E-state index contributed by atoms with van der Waals surface area (Å²) in [7, 11) is 0. The molecule has 0 radical (unpaired) electrons. The van der Waals surface area contributed by atoms with Crippen molar-refractivity contribution in [2.45, 2.75) is 32.4 Å². The van der Waals surface area contributed by atoms with E-state index in [1.54, 1.807) is 36.1 Å². The van der Waals surface area contributed by atoms with Gasteiger partial charge in [0.25, 0.3) is 5.91 Å². The van der Waals surface area contributed by atoms with E-state index in [0.29, 0.717) is 17.7 Å². The number of anilines is 1. The number of urea groups is 1. The number of carbonyl (C=O) groups excluding carboxylic acids is 3. The van der Waals surface area contributed by atoms with Gasteiger partial charge in [0.1, 0.15) is 12.1 Å². The zero-order chi connectivity index (χ0) is 25.0. The van der Waals surface area contributed by atoms with Crippen LogP contribution in [0.5, 0.6) is 0 Å². The summed E-state index contributed by atoms with van der Waals surface area (Å²) >= 11 is 0. The summed E-state index contributed by atoms with van der Waals surface area (Å²) in [5, 5.41) is 1.07. The zero-order valence-electron chi connectivity index (χ0n) is 20.0. The minimum absolute atomic E-state index is 0.267. The van der Waals surface area contributed by atoms with E-state index in [-0.39, 0.29) is 18.5 Å². The van der Waals surface area contributed by atoms with E-state index < -0.39 is 18.1 Å². The van der Waals surface area contributed by atoms with Crippen LogP contribution in [0.2, 0.25) is 0 Å². The molecule has 4 aromatic rings. The lowest BCUT2D eigenvalue weighted by molar-refractivity contribution is -0.120. The fourth-order valence-corrected chi connectivity index (χ4v) is 5.37. The number of carbonyl (C=O) groups is 3. The molecule has 3 heterocycles. The molecule has 1 fully saturated rings. The van der Waals surface area contributed by atoms with Gasteiger partial charge in [0.15, 0.2) is 0 Å². The molecular formula is C29H25N3O4. The van der Waals surface area contributed by atoms with Crippen molar-refractivity contribution >= 4 is 34.5 Å². The van der Waals surface area contributed by atoms with Gasteiger partial charge in [-0.1, -0.05) is 48.0 Å². The monoisotopic (exact) mass is 479 g/mol. The largest absolute Gasteiger partial charge is 0.462 e. The van der Waals surface area contributed by atoms with E-state index in [2.05, 4.69) is 11.1 Å². The van der Waals surface area contributed by atoms with E-state index in [9.17, 15) is 14.4 Å². The number of fused-ring (bicyclic) bond motifs is 4. The van der Waals surface area contributed by atoms with Crippen LogP contribution in [0.3, 0.4) is 0 Å². The summed E-state index contributed by atoms with van der Waals surface area (Å²) in [5.41, 5.74) is 5.87. The van der Waals surface area contributed by atoms with Gasteiger partial charge in [0.2, 0.25) is 0 Å². The lowest BCUT2D eigenvalue weighted by Crippen LogP contribution is -2.44. The van der Waals surface area contributed by atoms with Gasteiger partial charge < -0.3 is 9.72 Å². The summed E-state index contributed by atoms with van der Waals surface area (Å²) in [5.74, 6) is -0.706. The number of para-hydroxylation sites is 1. The normalized spacial score (nSPS) is 18.9. The minimum Gasteiger partial charge on any atom is -0.462 e. The van der Waals surface area contributed by atoms with Crippen LogP contribution in [0.4, 0.5) is 10.5 Å². The van der Waals surface area contributed by atoms with E-state index in [1.807, 2.05) is 49.4 Å². The molecule has 3 amide bonds. The van der Waals surface area contributed by atoms with Crippen LogP contribution in [0.1, 0.15) is 45.7 Å². The first-order valence-corrected chi connectivity index (χ1v) is 12.1. The molecule has 2 atom stereocenters. The molecule has 0 saturated carbocycles. The highest BCUT2D eigenvalue weighted by Crippen LogP contribution is 2.44. The van der Waals surface area contributed by atoms with Crippen LogP contribution in [0.15, 0.2) is 72.8 Å². The van der Waals surface area contributed by atoms with Crippen LogP contribution < -0.4 is 4.90 Å². The third kappa shape index (κ3) is 3.31. The summed E-state index contributed by atoms with van der Waals surface area (Å²) in [6.45, 7) is 4.04. The van der Waals surface area contributed by atoms with Gasteiger partial charge in [-0.15, -0.1) is 0 Å². The Morgan fingerprint density at radius 3 is 2.44 bits per heavy atom. The Morgan fingerprint density at radius 2 is 1.72 bits per heavy atom. The molecule has 0 aliphatic carbocycles. The fourth-order valence-electron chi connectivity index (χ4n) is 5.37. The molecule has 0 bridgehead atoms. The first-order chi connectivity index (χ1) is 17.5. The Hall–Kier alpha value is -4.39. The zero-order valence-corrected chi connectivity index (χ0v) is 20.0. The fraction of sp³-hybridized carbons (Fsp3) is 0.207. The highest BCUT2D eigenvalue weighted by molar-refractivity contribution is 6.22. The van der Waals surface area contributed by atoms with Gasteiger partial charge in [0, 0.05) is 23.0 Å². The maximum absolute atomic E-state index is 13.9. The van der Waals surface area contributed by atoms with Crippen molar-refractivity contribution in [1.82, 2.24) is 9.88 Å². The number of imide groups is 1. The van der Waals surface area contributed by atoms with Crippen molar-refractivity contribution in [2.24, 2.45) is 0 Å². The third-order valence-electron chi connectivity index (χ3n) is 7.08. The van der Waals surface area contributed by atoms with Crippen molar-refractivity contribution < 1.29 is 19.1 Å². The van der Waals surface area contributed by atoms with Gasteiger partial charge >= 0.3 is 12.0 Å². The highest BCUT2D eigenvalue weighted by atomic mass is 16.5. The predicted molar refractivity (Wildman–Crippen MR) is 136 cm³/mol. The van der Waals surface area contributed by atoms with Gasteiger partial charge in [-0.3, -0.25) is 9.69 Å². The van der Waals surface area contributed by atoms with Crippen molar-refractivity contribution in [3.63, 3.8) is 0 Å². The smallest absolute Gasteiger partial charge is 0.338 e. The van der Waals surface area contributed by atoms with E-state index >= 15 is 0 Å². The maximum atomic E-state index is 13.9. The van der Waals surface area contributed by atoms with E-state index in [1.165, 1.54) is 4.90 Å². The number of esters is 1. The Bertz CT molecular complexity index is 1500. The van der Waals surface area contributed by atoms with E-state index in [4.69, 9.17) is 4.74 Å². The molecule has 3 aromatic carbocycles. The van der Waals surface area contributed by atoms with Crippen LogP contribution in [-0.2, 0) is 16.0 Å². The quantitative estimate of drug-likeness (QED) is 0.325. The average Bonchev–Trinajstić information content (AvgIpc) is 3.38. The molecule has 1 saturated heterocycles.